The Morgan fingerprint density at radius 3 is 2.55 bits per heavy atom. The van der Waals surface area contributed by atoms with Crippen molar-refractivity contribution < 1.29 is 13.2 Å². The number of nitrogens with one attached hydrogen (secondary N) is 1. The fraction of sp³-hybridized carbons (Fsp3) is 0.500. The molecule has 2 fully saturated rings. The maximum Gasteiger partial charge on any atom is 0.158 e. The summed E-state index contributed by atoms with van der Waals surface area (Å²) in [5.41, 5.74) is 4.28. The van der Waals surface area contributed by atoms with Crippen LogP contribution in [0.3, 0.4) is 0 Å². The molecule has 4 aromatic rings. The fourth-order valence-corrected chi connectivity index (χ4v) is 7.82. The molecular weight excluding hydrogens is 576 g/mol. The van der Waals surface area contributed by atoms with E-state index < -0.39 is 9.84 Å². The lowest BCUT2D eigenvalue weighted by Gasteiger charge is -2.48. The summed E-state index contributed by atoms with van der Waals surface area (Å²) in [5, 5.41) is 9.45. The number of nitrogens with zero attached hydrogens (tertiary/aromatic N) is 7. The maximum atomic E-state index is 12.0. The molecule has 44 heavy (non-hydrogen) atoms. The first-order chi connectivity index (χ1) is 21.0. The van der Waals surface area contributed by atoms with E-state index in [1.54, 1.807) is 19.5 Å². The number of anilines is 2. The molecule has 4 aromatic heterocycles. The molecule has 0 spiro atoms. The van der Waals surface area contributed by atoms with E-state index in [4.69, 9.17) is 19.8 Å². The van der Waals surface area contributed by atoms with Crippen LogP contribution in [0, 0.1) is 12.8 Å². The van der Waals surface area contributed by atoms with Gasteiger partial charge in [-0.25, -0.2) is 18.1 Å². The van der Waals surface area contributed by atoms with E-state index in [9.17, 15) is 8.42 Å². The van der Waals surface area contributed by atoms with Crippen LogP contribution < -0.4 is 15.0 Å². The molecule has 5 heterocycles. The lowest BCUT2D eigenvalue weighted by atomic mass is 9.90. The highest BCUT2D eigenvalue weighted by molar-refractivity contribution is 7.90. The monoisotopic (exact) mass is 618 g/mol. The van der Waals surface area contributed by atoms with Gasteiger partial charge in [-0.1, -0.05) is 0 Å². The number of fused-ring (bicyclic) bond motifs is 1. The van der Waals surface area contributed by atoms with E-state index in [1.807, 2.05) is 36.0 Å². The van der Waals surface area contributed by atoms with E-state index in [0.717, 1.165) is 65.0 Å². The number of rotatable bonds is 9. The van der Waals surface area contributed by atoms with Crippen LogP contribution in [0.2, 0.25) is 0 Å². The first-order valence-electron chi connectivity index (χ1n) is 15.2. The average Bonchev–Trinajstić information content (AvgIpc) is 3.43. The van der Waals surface area contributed by atoms with Crippen LogP contribution >= 0.6 is 0 Å². The van der Waals surface area contributed by atoms with Crippen molar-refractivity contribution in [2.24, 2.45) is 5.92 Å². The molecule has 234 valence electrons. The summed E-state index contributed by atoms with van der Waals surface area (Å²) < 4.78 is 31.5. The molecule has 0 radical (unpaired) electrons. The summed E-state index contributed by atoms with van der Waals surface area (Å²) in [7, 11) is 2.90. The Morgan fingerprint density at radius 2 is 1.86 bits per heavy atom. The van der Waals surface area contributed by atoms with E-state index in [-0.39, 0.29) is 17.7 Å². The number of hydrogen-bond acceptors (Lipinski definition) is 10. The number of pyridine rings is 3. The Hall–Kier alpha value is -3.77. The molecule has 1 saturated carbocycles. The Labute approximate surface area is 259 Å². The van der Waals surface area contributed by atoms with Crippen LogP contribution in [0.25, 0.3) is 28.0 Å². The lowest BCUT2D eigenvalue weighted by molar-refractivity contribution is 0.221. The number of aryl methyl sites for hydroxylation is 1. The maximum absolute atomic E-state index is 12.0. The molecule has 0 amide bonds. The second-order valence-electron chi connectivity index (χ2n) is 12.6. The van der Waals surface area contributed by atoms with Gasteiger partial charge in [0.1, 0.15) is 21.4 Å². The van der Waals surface area contributed by atoms with Crippen LogP contribution in [0.15, 0.2) is 42.9 Å². The predicted octanol–water partition coefficient (Wildman–Crippen LogP) is 4.35. The van der Waals surface area contributed by atoms with E-state index in [0.29, 0.717) is 30.2 Å². The van der Waals surface area contributed by atoms with Gasteiger partial charge in [-0.3, -0.25) is 9.97 Å². The van der Waals surface area contributed by atoms with Crippen LogP contribution in [0.1, 0.15) is 38.3 Å². The summed E-state index contributed by atoms with van der Waals surface area (Å²) in [6.07, 6.45) is 11.0. The van der Waals surface area contributed by atoms with Gasteiger partial charge in [-0.15, -0.1) is 0 Å². The summed E-state index contributed by atoms with van der Waals surface area (Å²) in [5.74, 6) is 2.47. The average molecular weight is 619 g/mol. The van der Waals surface area contributed by atoms with Gasteiger partial charge in [-0.05, 0) is 65.8 Å². The molecule has 2 aliphatic rings. The normalized spacial score (nSPS) is 22.3. The lowest BCUT2D eigenvalue weighted by Crippen LogP contribution is -2.57. The van der Waals surface area contributed by atoms with Gasteiger partial charge in [0.15, 0.2) is 5.82 Å². The van der Waals surface area contributed by atoms with Crippen molar-refractivity contribution in [2.45, 2.75) is 57.7 Å². The molecule has 0 aromatic carbocycles. The molecule has 6 rings (SSSR count). The second-order valence-corrected chi connectivity index (χ2v) is 14.8. The van der Waals surface area contributed by atoms with Crippen molar-refractivity contribution in [3.63, 3.8) is 0 Å². The van der Waals surface area contributed by atoms with Gasteiger partial charge >= 0.3 is 0 Å². The van der Waals surface area contributed by atoms with Crippen molar-refractivity contribution in [3.8, 4) is 22.8 Å². The Kier molecular flexibility index (Phi) is 8.23. The summed E-state index contributed by atoms with van der Waals surface area (Å²) >= 11 is 0. The smallest absolute Gasteiger partial charge is 0.158 e. The van der Waals surface area contributed by atoms with Crippen molar-refractivity contribution >= 4 is 32.2 Å². The van der Waals surface area contributed by atoms with Gasteiger partial charge in [0.25, 0.3) is 0 Å². The molecule has 2 atom stereocenters. The number of aromatic nitrogens is 5. The summed E-state index contributed by atoms with van der Waals surface area (Å²) in [6, 6.07) is 9.01. The molecule has 1 saturated heterocycles. The first kappa shape index (κ1) is 30.3. The predicted molar refractivity (Wildman–Crippen MR) is 175 cm³/mol. The highest BCUT2D eigenvalue weighted by atomic mass is 32.2. The third kappa shape index (κ3) is 6.10. The van der Waals surface area contributed by atoms with Crippen LogP contribution in [-0.4, -0.2) is 95.9 Å². The molecule has 11 nitrogen and oxygen atoms in total. The van der Waals surface area contributed by atoms with Crippen molar-refractivity contribution in [1.82, 2.24) is 29.6 Å². The third-order valence-electron chi connectivity index (χ3n) is 9.28. The minimum absolute atomic E-state index is 0.0915. The Morgan fingerprint density at radius 1 is 1.09 bits per heavy atom. The van der Waals surface area contributed by atoms with Crippen LogP contribution in [0.5, 0.6) is 5.75 Å². The molecule has 1 aliphatic heterocycles. The van der Waals surface area contributed by atoms with E-state index >= 15 is 0 Å². The quantitative estimate of drug-likeness (QED) is 0.290. The van der Waals surface area contributed by atoms with Crippen molar-refractivity contribution in [3.05, 3.63) is 48.5 Å². The van der Waals surface area contributed by atoms with Crippen LogP contribution in [0.4, 0.5) is 11.5 Å². The van der Waals surface area contributed by atoms with Gasteiger partial charge in [0.2, 0.25) is 0 Å². The van der Waals surface area contributed by atoms with E-state index in [1.165, 1.54) is 6.26 Å². The molecular formula is C32H42N8O3S. The summed E-state index contributed by atoms with van der Waals surface area (Å²) in [6.45, 7) is 4.76. The standard InChI is InChI=1S/C32H42N8O3S/c1-20-26-17-34-40(29(26)15-28(35-20)27-16-33-12-11-30(27)43-5)32-14-25(39-18-22(21(39)2)19-44(6,41)42)13-31(37-32)36-23-7-9-24(10-8-23)38(3)4/h11-17,21-24H,7-10,18-19H2,1-6H3,(H,36,37)/t21-,22-,23?,24?/m1/s1. The SMILES string of the molecule is COc1ccncc1-c1cc2c(cnn2-c2cc(N3C[C@H](CS(C)(=O)=O)[C@H]3C)cc(NC3CCC(N(C)C)CC3)n2)c(C)n1. The minimum Gasteiger partial charge on any atom is -0.496 e. The Bertz CT molecular complexity index is 1760. The number of methoxy groups -OCH3 is 1. The minimum atomic E-state index is -3.05. The first-order valence-corrected chi connectivity index (χ1v) is 17.3. The largest absolute Gasteiger partial charge is 0.496 e. The van der Waals surface area contributed by atoms with Gasteiger partial charge in [0.05, 0.1) is 35.8 Å². The second kappa shape index (κ2) is 12.0. The molecule has 0 bridgehead atoms. The zero-order chi connectivity index (χ0) is 31.2. The number of ether oxygens (including phenoxy) is 1. The topological polar surface area (TPSA) is 118 Å². The number of sulfone groups is 1. The number of hydrogen-bond donors (Lipinski definition) is 1. The van der Waals surface area contributed by atoms with Crippen LogP contribution in [-0.2, 0) is 9.84 Å². The summed E-state index contributed by atoms with van der Waals surface area (Å²) in [4.78, 5) is 18.8. The molecule has 12 heteroatoms. The molecule has 0 unspecified atom stereocenters. The fourth-order valence-electron chi connectivity index (χ4n) is 6.66. The highest BCUT2D eigenvalue weighted by Crippen LogP contribution is 2.36. The van der Waals surface area contributed by atoms with E-state index in [2.05, 4.69) is 47.2 Å². The zero-order valence-corrected chi connectivity index (χ0v) is 27.2. The van der Waals surface area contributed by atoms with Crippen molar-refractivity contribution in [2.75, 3.05) is 50.0 Å². The zero-order valence-electron chi connectivity index (χ0n) is 26.4. The van der Waals surface area contributed by atoms with Gasteiger partial charge in [-0.2, -0.15) is 5.10 Å². The van der Waals surface area contributed by atoms with Crippen molar-refractivity contribution in [1.29, 1.82) is 0 Å². The highest BCUT2D eigenvalue weighted by Gasteiger charge is 2.38. The third-order valence-corrected chi connectivity index (χ3v) is 10.3. The van der Waals surface area contributed by atoms with Gasteiger partial charge < -0.3 is 19.9 Å². The Balaban J connectivity index is 1.39. The molecule has 1 N–H and O–H groups in total. The molecule has 1 aliphatic carbocycles. The van der Waals surface area contributed by atoms with Gasteiger partial charge in [0, 0.05) is 78.1 Å².